The molecule has 5 aromatic rings. The van der Waals surface area contributed by atoms with Gasteiger partial charge in [0.2, 0.25) is 0 Å². The van der Waals surface area contributed by atoms with Crippen molar-refractivity contribution in [1.82, 2.24) is 0 Å². The number of aryl methyl sites for hydroxylation is 1. The summed E-state index contributed by atoms with van der Waals surface area (Å²) in [6.45, 7) is 4.97. The minimum atomic E-state index is 0.157. The summed E-state index contributed by atoms with van der Waals surface area (Å²) < 4.78 is 6.89. The van der Waals surface area contributed by atoms with Crippen molar-refractivity contribution in [3.05, 3.63) is 90.5 Å². The van der Waals surface area contributed by atoms with Gasteiger partial charge < -0.3 is 9.64 Å². The van der Waals surface area contributed by atoms with Crippen LogP contribution >= 0.6 is 0 Å². The Balaban J connectivity index is 1.53. The summed E-state index contributed by atoms with van der Waals surface area (Å²) in [5, 5.41) is 5.07. The van der Waals surface area contributed by atoms with E-state index in [1.54, 1.807) is 0 Å². The van der Waals surface area contributed by atoms with Gasteiger partial charge in [0.05, 0.1) is 0 Å². The minimum Gasteiger partial charge on any atom is -0.458 e. The molecule has 5 aromatic carbocycles. The number of benzene rings is 5. The normalized spacial score (nSPS) is 19.7. The molecule has 0 amide bonds. The van der Waals surface area contributed by atoms with E-state index in [4.69, 9.17) is 4.74 Å². The summed E-state index contributed by atoms with van der Waals surface area (Å²) in [5.74, 6) is 2.74. The van der Waals surface area contributed by atoms with Crippen LogP contribution in [0.1, 0.15) is 32.3 Å². The van der Waals surface area contributed by atoms with Crippen molar-refractivity contribution in [2.75, 3.05) is 4.90 Å². The molecule has 0 aromatic heterocycles. The highest BCUT2D eigenvalue weighted by Crippen LogP contribution is 2.44. The molecule has 3 aliphatic heterocycles. The van der Waals surface area contributed by atoms with Crippen molar-refractivity contribution in [1.29, 1.82) is 0 Å². The zero-order valence-corrected chi connectivity index (χ0v) is 20.8. The quantitative estimate of drug-likeness (QED) is 0.189. The number of fused-ring (bicyclic) bond motifs is 9. The highest BCUT2D eigenvalue weighted by molar-refractivity contribution is 7.00. The van der Waals surface area contributed by atoms with Gasteiger partial charge in [-0.05, 0) is 82.3 Å². The van der Waals surface area contributed by atoms with Crippen LogP contribution in [-0.4, -0.2) is 12.8 Å². The molecule has 0 N–H and O–H groups in total. The Morgan fingerprint density at radius 2 is 1.47 bits per heavy atom. The van der Waals surface area contributed by atoms with Crippen LogP contribution in [0.5, 0.6) is 11.5 Å². The third-order valence-electron chi connectivity index (χ3n) is 8.81. The van der Waals surface area contributed by atoms with E-state index in [0.29, 0.717) is 12.0 Å². The number of anilines is 2. The van der Waals surface area contributed by atoms with Gasteiger partial charge in [-0.3, -0.25) is 0 Å². The van der Waals surface area contributed by atoms with Crippen molar-refractivity contribution in [2.45, 2.75) is 39.2 Å². The highest BCUT2D eigenvalue weighted by Gasteiger charge is 2.44. The molecular weight excluding hydrogens is 437 g/mol. The first kappa shape index (κ1) is 20.5. The van der Waals surface area contributed by atoms with Gasteiger partial charge in [-0.15, -0.1) is 0 Å². The molecule has 0 radical (unpaired) electrons. The molecule has 3 heterocycles. The van der Waals surface area contributed by atoms with Gasteiger partial charge in [-0.25, -0.2) is 0 Å². The van der Waals surface area contributed by atoms with Crippen molar-refractivity contribution in [3.63, 3.8) is 0 Å². The molecule has 2 nitrogen and oxygen atoms in total. The monoisotopic (exact) mass is 465 g/mol. The molecule has 2 atom stereocenters. The Kier molecular flexibility index (Phi) is 4.21. The van der Waals surface area contributed by atoms with Gasteiger partial charge in [0, 0.05) is 22.8 Å². The first-order chi connectivity index (χ1) is 17.7. The van der Waals surface area contributed by atoms with E-state index in [1.807, 2.05) is 0 Å². The Bertz CT molecular complexity index is 1710. The predicted octanol–water partition coefficient (Wildman–Crippen LogP) is 6.43. The maximum absolute atomic E-state index is 6.89. The largest absolute Gasteiger partial charge is 0.458 e. The summed E-state index contributed by atoms with van der Waals surface area (Å²) in [5.41, 5.74) is 8.33. The molecule has 3 aliphatic rings. The predicted molar refractivity (Wildman–Crippen MR) is 153 cm³/mol. The third kappa shape index (κ3) is 2.63. The van der Waals surface area contributed by atoms with Crippen LogP contribution in [0.2, 0.25) is 0 Å². The summed E-state index contributed by atoms with van der Waals surface area (Å²) >= 11 is 0. The zero-order valence-electron chi connectivity index (χ0n) is 20.8. The van der Waals surface area contributed by atoms with E-state index in [2.05, 4.69) is 104 Å². The SMILES string of the molecule is CC1CCc2cccc3c2N(c2cccc4c2B3c2c(c3ccccc3c3ccccc23)O4)C(C)C1. The van der Waals surface area contributed by atoms with E-state index in [1.165, 1.54) is 67.7 Å². The second kappa shape index (κ2) is 7.40. The lowest BCUT2D eigenvalue weighted by molar-refractivity contribution is 0.439. The second-order valence-corrected chi connectivity index (χ2v) is 11.0. The summed E-state index contributed by atoms with van der Waals surface area (Å²) in [7, 11) is 0. The Morgan fingerprint density at radius 3 is 2.31 bits per heavy atom. The molecule has 0 bridgehead atoms. The van der Waals surface area contributed by atoms with Gasteiger partial charge in [-0.1, -0.05) is 79.7 Å². The molecule has 0 saturated carbocycles. The average Bonchev–Trinajstić information content (AvgIpc) is 2.91. The van der Waals surface area contributed by atoms with E-state index in [0.717, 1.165) is 17.9 Å². The third-order valence-corrected chi connectivity index (χ3v) is 8.81. The van der Waals surface area contributed by atoms with Crippen LogP contribution < -0.4 is 26.0 Å². The molecule has 0 fully saturated rings. The van der Waals surface area contributed by atoms with Crippen LogP contribution in [-0.2, 0) is 6.42 Å². The summed E-state index contributed by atoms with van der Waals surface area (Å²) in [6, 6.07) is 31.8. The first-order valence-electron chi connectivity index (χ1n) is 13.4. The maximum atomic E-state index is 6.89. The molecule has 8 rings (SSSR count). The molecule has 0 saturated heterocycles. The van der Waals surface area contributed by atoms with Crippen LogP contribution in [0.3, 0.4) is 0 Å². The number of hydrogen-bond acceptors (Lipinski definition) is 2. The smallest absolute Gasteiger partial charge is 0.257 e. The van der Waals surface area contributed by atoms with Crippen molar-refractivity contribution >= 4 is 56.0 Å². The lowest BCUT2D eigenvalue weighted by atomic mass is 9.33. The molecule has 174 valence electrons. The Labute approximate surface area is 212 Å². The maximum Gasteiger partial charge on any atom is 0.257 e. The fourth-order valence-electron chi connectivity index (χ4n) is 7.35. The van der Waals surface area contributed by atoms with Crippen molar-refractivity contribution < 1.29 is 4.74 Å². The van der Waals surface area contributed by atoms with Gasteiger partial charge in [0.15, 0.2) is 0 Å². The lowest BCUT2D eigenvalue weighted by Gasteiger charge is -2.45. The average molecular weight is 465 g/mol. The van der Waals surface area contributed by atoms with Gasteiger partial charge in [0.1, 0.15) is 11.5 Å². The van der Waals surface area contributed by atoms with Gasteiger partial charge in [-0.2, -0.15) is 0 Å². The fourth-order valence-corrected chi connectivity index (χ4v) is 7.35. The van der Waals surface area contributed by atoms with Gasteiger partial charge >= 0.3 is 0 Å². The van der Waals surface area contributed by atoms with E-state index in [9.17, 15) is 0 Å². The van der Waals surface area contributed by atoms with E-state index < -0.39 is 0 Å². The van der Waals surface area contributed by atoms with Gasteiger partial charge in [0.25, 0.3) is 6.71 Å². The molecule has 2 unspecified atom stereocenters. The Hall–Kier alpha value is -3.72. The van der Waals surface area contributed by atoms with Crippen LogP contribution in [0.4, 0.5) is 11.4 Å². The number of para-hydroxylation sites is 1. The van der Waals surface area contributed by atoms with Crippen molar-refractivity contribution in [2.24, 2.45) is 5.92 Å². The van der Waals surface area contributed by atoms with E-state index >= 15 is 0 Å². The second-order valence-electron chi connectivity index (χ2n) is 11.0. The van der Waals surface area contributed by atoms with E-state index in [-0.39, 0.29) is 6.71 Å². The standard InChI is InChI=1S/C33H28BNO/c1-20-17-18-22-9-7-14-27-32(22)35(21(2)19-20)28-15-8-16-29-31(28)34(27)30-25-12-5-3-10-23(25)24-11-4-6-13-26(24)33(30)36-29/h3-16,20-21H,17-19H2,1-2H3. The molecule has 0 aliphatic carbocycles. The minimum absolute atomic E-state index is 0.157. The number of ether oxygens (including phenoxy) is 1. The molecular formula is C33H28BNO. The molecule has 36 heavy (non-hydrogen) atoms. The number of nitrogens with zero attached hydrogens (tertiary/aromatic N) is 1. The summed E-state index contributed by atoms with van der Waals surface area (Å²) in [6.07, 6.45) is 3.59. The number of hydrogen-bond donors (Lipinski definition) is 0. The van der Waals surface area contributed by atoms with Crippen LogP contribution in [0, 0.1) is 5.92 Å². The Morgan fingerprint density at radius 1 is 0.750 bits per heavy atom. The van der Waals surface area contributed by atoms with Crippen LogP contribution in [0.15, 0.2) is 84.9 Å². The number of rotatable bonds is 0. The fraction of sp³-hybridized carbons (Fsp3) is 0.212. The van der Waals surface area contributed by atoms with Crippen molar-refractivity contribution in [3.8, 4) is 11.5 Å². The summed E-state index contributed by atoms with van der Waals surface area (Å²) in [4.78, 5) is 2.65. The zero-order chi connectivity index (χ0) is 24.0. The topological polar surface area (TPSA) is 12.5 Å². The molecule has 0 spiro atoms. The molecule has 3 heteroatoms. The lowest BCUT2D eigenvalue weighted by Crippen LogP contribution is -2.61. The highest BCUT2D eigenvalue weighted by atomic mass is 16.5. The van der Waals surface area contributed by atoms with Crippen LogP contribution in [0.25, 0.3) is 21.5 Å². The first-order valence-corrected chi connectivity index (χ1v) is 13.4.